The molecule has 9 nitrogen and oxygen atoms in total. The maximum atomic E-state index is 12.6. The van der Waals surface area contributed by atoms with Crippen LogP contribution < -0.4 is 10.6 Å². The first-order chi connectivity index (χ1) is 19.1. The van der Waals surface area contributed by atoms with Gasteiger partial charge >= 0.3 is 12.1 Å². The summed E-state index contributed by atoms with van der Waals surface area (Å²) in [6.07, 6.45) is -3.44. The Kier molecular flexibility index (Phi) is 12.9. The second kappa shape index (κ2) is 15.4. The molecule has 0 aromatic heterocycles. The summed E-state index contributed by atoms with van der Waals surface area (Å²) < 4.78 is 56.9. The Balaban J connectivity index is 0.000000745. The minimum absolute atomic E-state index is 0.0298. The zero-order valence-corrected chi connectivity index (χ0v) is 24.7. The number of hydrogen-bond donors (Lipinski definition) is 3. The van der Waals surface area contributed by atoms with Crippen LogP contribution in [0.2, 0.25) is 10.0 Å². The lowest BCUT2D eigenvalue weighted by Gasteiger charge is -2.17. The van der Waals surface area contributed by atoms with E-state index in [-0.39, 0.29) is 21.7 Å². The van der Waals surface area contributed by atoms with E-state index in [1.807, 2.05) is 12.1 Å². The molecule has 0 bridgehead atoms. The highest BCUT2D eigenvalue weighted by molar-refractivity contribution is 7.91. The van der Waals surface area contributed by atoms with E-state index in [2.05, 4.69) is 27.8 Å². The molecule has 41 heavy (non-hydrogen) atoms. The molecule has 0 unspecified atom stereocenters. The van der Waals surface area contributed by atoms with Crippen molar-refractivity contribution in [1.82, 2.24) is 15.5 Å². The van der Waals surface area contributed by atoms with Gasteiger partial charge in [0.05, 0.1) is 16.5 Å². The predicted octanol–water partition coefficient (Wildman–Crippen LogP) is 4.09. The molecule has 0 saturated heterocycles. The molecular weight excluding hydrogens is 608 g/mol. The maximum Gasteiger partial charge on any atom is 0.490 e. The molecule has 0 spiro atoms. The number of carboxylic acid groups (broad SMARTS) is 1. The number of amidine groups is 1. The Morgan fingerprint density at radius 2 is 1.78 bits per heavy atom. The Morgan fingerprint density at radius 3 is 2.34 bits per heavy atom. The highest BCUT2D eigenvalue weighted by Gasteiger charge is 2.38. The van der Waals surface area contributed by atoms with Gasteiger partial charge in [-0.1, -0.05) is 47.5 Å². The van der Waals surface area contributed by atoms with Gasteiger partial charge in [0.1, 0.15) is 11.7 Å². The number of sulfone groups is 1. The Morgan fingerprint density at radius 1 is 1.15 bits per heavy atom. The molecule has 1 heterocycles. The number of aliphatic carboxylic acids is 1. The topological polar surface area (TPSA) is 128 Å². The fourth-order valence-electron chi connectivity index (χ4n) is 3.55. The van der Waals surface area contributed by atoms with Crippen molar-refractivity contribution >= 4 is 50.8 Å². The van der Waals surface area contributed by atoms with Crippen LogP contribution in [0.5, 0.6) is 0 Å². The molecule has 0 aliphatic carbocycles. The molecule has 0 saturated carbocycles. The molecule has 15 heteroatoms. The number of aryl methyl sites for hydroxylation is 1. The number of nitrogens with one attached hydrogen (secondary N) is 2. The summed E-state index contributed by atoms with van der Waals surface area (Å²) >= 11 is 12.1. The van der Waals surface area contributed by atoms with Crippen LogP contribution in [-0.2, 0) is 25.8 Å². The molecule has 1 aliphatic rings. The van der Waals surface area contributed by atoms with Gasteiger partial charge < -0.3 is 20.6 Å². The Hall–Kier alpha value is -2.87. The van der Waals surface area contributed by atoms with E-state index in [9.17, 15) is 26.4 Å². The maximum absolute atomic E-state index is 12.6. The number of alkyl halides is 3. The van der Waals surface area contributed by atoms with Crippen molar-refractivity contribution in [2.45, 2.75) is 37.3 Å². The normalized spacial score (nSPS) is 13.1. The molecule has 2 aromatic carbocycles. The molecule has 1 amide bonds. The number of halogens is 5. The fraction of sp³-hybridized carbons (Fsp3) is 0.423. The average molecular weight is 640 g/mol. The third-order valence-electron chi connectivity index (χ3n) is 5.89. The third kappa shape index (κ3) is 11.1. The number of amides is 1. The van der Waals surface area contributed by atoms with E-state index < -0.39 is 22.0 Å². The van der Waals surface area contributed by atoms with Crippen LogP contribution in [0.3, 0.4) is 0 Å². The van der Waals surface area contributed by atoms with Crippen LogP contribution in [-0.4, -0.2) is 81.4 Å². The van der Waals surface area contributed by atoms with Crippen LogP contribution in [0, 0.1) is 6.92 Å². The highest BCUT2D eigenvalue weighted by Crippen LogP contribution is 2.28. The highest BCUT2D eigenvalue weighted by atomic mass is 35.5. The zero-order chi connectivity index (χ0) is 30.8. The number of hydrogen-bond acceptors (Lipinski definition) is 7. The Bertz CT molecular complexity index is 1350. The summed E-state index contributed by atoms with van der Waals surface area (Å²) in [4.78, 5) is 27.5. The van der Waals surface area contributed by atoms with Gasteiger partial charge in [-0.25, -0.2) is 13.2 Å². The summed E-state index contributed by atoms with van der Waals surface area (Å²) in [5, 5.41) is 13.8. The molecule has 3 N–H and O–H groups in total. The molecule has 3 rings (SSSR count). The lowest BCUT2D eigenvalue weighted by Crippen LogP contribution is -2.30. The van der Waals surface area contributed by atoms with Gasteiger partial charge in [0.25, 0.3) is 0 Å². The van der Waals surface area contributed by atoms with E-state index in [1.165, 1.54) is 12.1 Å². The first-order valence-electron chi connectivity index (χ1n) is 12.4. The van der Waals surface area contributed by atoms with Crippen molar-refractivity contribution in [3.05, 3.63) is 63.1 Å². The standard InChI is InChI=1S/C24H30Cl2N4O3S.C2HF3O2/c1-17-14-22(21(26)15-20(17)25)34(32,33)16-27-10-3-4-23(31)30(2)13-9-18-5-7-19(8-6-18)24-28-11-12-29-24;3-2(4,5)1(6)7/h5-8,14-15,27H,3-4,9-13,16H2,1-2H3,(H,28,29);(H,6,7). The number of nitrogens with zero attached hydrogens (tertiary/aromatic N) is 2. The van der Waals surface area contributed by atoms with E-state index in [0.29, 0.717) is 36.5 Å². The van der Waals surface area contributed by atoms with Crippen molar-refractivity contribution in [3.63, 3.8) is 0 Å². The van der Waals surface area contributed by atoms with Crippen molar-refractivity contribution in [2.24, 2.45) is 4.99 Å². The second-order valence-electron chi connectivity index (χ2n) is 9.12. The SMILES string of the molecule is Cc1cc(S(=O)(=O)CNCCCC(=O)N(C)CCc2ccc(C3=NCCN3)cc2)c(Cl)cc1Cl.O=C(O)C(F)(F)F. The van der Waals surface area contributed by atoms with Crippen LogP contribution >= 0.6 is 23.2 Å². The summed E-state index contributed by atoms with van der Waals surface area (Å²) in [5.41, 5.74) is 2.88. The van der Waals surface area contributed by atoms with Crippen LogP contribution in [0.15, 0.2) is 46.3 Å². The van der Waals surface area contributed by atoms with Crippen molar-refractivity contribution in [3.8, 4) is 0 Å². The van der Waals surface area contributed by atoms with Gasteiger partial charge in [-0.15, -0.1) is 0 Å². The number of rotatable bonds is 11. The van der Waals surface area contributed by atoms with Crippen LogP contribution in [0.1, 0.15) is 29.5 Å². The zero-order valence-electron chi connectivity index (χ0n) is 22.4. The summed E-state index contributed by atoms with van der Waals surface area (Å²) in [5.74, 6) is -2.04. The molecule has 2 aromatic rings. The van der Waals surface area contributed by atoms with Gasteiger partial charge in [-0.2, -0.15) is 13.2 Å². The molecular formula is C26H31Cl2F3N4O5S. The molecule has 1 aliphatic heterocycles. The monoisotopic (exact) mass is 638 g/mol. The lowest BCUT2D eigenvalue weighted by molar-refractivity contribution is -0.192. The quantitative estimate of drug-likeness (QED) is 0.316. The van der Waals surface area contributed by atoms with Gasteiger partial charge in [-0.3, -0.25) is 9.79 Å². The predicted molar refractivity (Wildman–Crippen MR) is 151 cm³/mol. The van der Waals surface area contributed by atoms with Crippen LogP contribution in [0.4, 0.5) is 13.2 Å². The third-order valence-corrected chi connectivity index (χ3v) is 8.31. The Labute approximate surface area is 246 Å². The largest absolute Gasteiger partial charge is 0.490 e. The van der Waals surface area contributed by atoms with Crippen LogP contribution in [0.25, 0.3) is 0 Å². The molecule has 226 valence electrons. The number of aliphatic imine (C=N–C) groups is 1. The summed E-state index contributed by atoms with van der Waals surface area (Å²) in [6, 6.07) is 11.1. The number of carbonyl (C=O) groups is 2. The smallest absolute Gasteiger partial charge is 0.475 e. The minimum atomic E-state index is -5.08. The first kappa shape index (κ1) is 34.3. The summed E-state index contributed by atoms with van der Waals surface area (Å²) in [6.45, 7) is 4.44. The van der Waals surface area contributed by atoms with E-state index in [4.69, 9.17) is 33.1 Å². The number of carbonyl (C=O) groups excluding carboxylic acids is 1. The lowest BCUT2D eigenvalue weighted by atomic mass is 10.1. The van der Waals surface area contributed by atoms with E-state index >= 15 is 0 Å². The van der Waals surface area contributed by atoms with Gasteiger partial charge in [-0.05, 0) is 49.6 Å². The summed E-state index contributed by atoms with van der Waals surface area (Å²) in [7, 11) is -1.82. The number of carboxylic acids is 1. The van der Waals surface area contributed by atoms with E-state index in [0.717, 1.165) is 36.5 Å². The minimum Gasteiger partial charge on any atom is -0.475 e. The van der Waals surface area contributed by atoms with Crippen molar-refractivity contribution < 1.29 is 36.3 Å². The van der Waals surface area contributed by atoms with Gasteiger partial charge in [0.15, 0.2) is 9.84 Å². The van der Waals surface area contributed by atoms with Gasteiger partial charge in [0, 0.05) is 37.1 Å². The molecule has 0 radical (unpaired) electrons. The van der Waals surface area contributed by atoms with Gasteiger partial charge in [0.2, 0.25) is 5.91 Å². The first-order valence-corrected chi connectivity index (χ1v) is 14.8. The molecule has 0 fully saturated rings. The van der Waals surface area contributed by atoms with Crippen molar-refractivity contribution in [2.75, 3.05) is 39.1 Å². The van der Waals surface area contributed by atoms with E-state index in [1.54, 1.807) is 18.9 Å². The van der Waals surface area contributed by atoms with Crippen molar-refractivity contribution in [1.29, 1.82) is 0 Å². The number of benzene rings is 2. The second-order valence-corrected chi connectivity index (χ2v) is 11.9. The number of likely N-dealkylation sites (N-methyl/N-ethyl adjacent to an activating group) is 1. The molecule has 0 atom stereocenters. The fourth-order valence-corrected chi connectivity index (χ4v) is 5.57. The average Bonchev–Trinajstić information content (AvgIpc) is 3.44.